The Kier molecular flexibility index (Phi) is 8.87. The van der Waals surface area contributed by atoms with E-state index in [2.05, 4.69) is 4.74 Å². The first-order chi connectivity index (χ1) is 15.1. The van der Waals surface area contributed by atoms with Gasteiger partial charge in [-0.15, -0.1) is 11.3 Å². The van der Waals surface area contributed by atoms with Crippen LogP contribution in [0.1, 0.15) is 39.7 Å². The Balaban J connectivity index is 2.62. The maximum atomic E-state index is 13.1. The van der Waals surface area contributed by atoms with E-state index < -0.39 is 12.0 Å². The molecule has 0 atom stereocenters. The van der Waals surface area contributed by atoms with Gasteiger partial charge in [-0.2, -0.15) is 14.0 Å². The fourth-order valence-electron chi connectivity index (χ4n) is 2.85. The van der Waals surface area contributed by atoms with Crippen LogP contribution >= 0.6 is 11.3 Å². The van der Waals surface area contributed by atoms with Crippen molar-refractivity contribution < 1.29 is 23.0 Å². The summed E-state index contributed by atoms with van der Waals surface area (Å²) >= 11 is 1.06. The molecule has 0 aliphatic rings. The summed E-state index contributed by atoms with van der Waals surface area (Å²) in [4.78, 5) is 26.0. The van der Waals surface area contributed by atoms with Crippen LogP contribution in [0.5, 0.6) is 5.75 Å². The zero-order valence-corrected chi connectivity index (χ0v) is 19.3. The molecule has 0 aliphatic carbocycles. The van der Waals surface area contributed by atoms with Gasteiger partial charge in [-0.1, -0.05) is 32.9 Å². The average molecular weight is 465 g/mol. The number of nitrogens with zero attached hydrogens (tertiary/aromatic N) is 2. The van der Waals surface area contributed by atoms with Gasteiger partial charge in [0.1, 0.15) is 22.1 Å². The van der Waals surface area contributed by atoms with Crippen LogP contribution in [0.3, 0.4) is 0 Å². The highest BCUT2D eigenvalue weighted by Gasteiger charge is 2.27. The van der Waals surface area contributed by atoms with Gasteiger partial charge in [0.15, 0.2) is 5.78 Å². The second-order valence-corrected chi connectivity index (χ2v) is 8.97. The van der Waals surface area contributed by atoms with Crippen molar-refractivity contribution in [1.82, 2.24) is 4.57 Å². The van der Waals surface area contributed by atoms with E-state index in [0.717, 1.165) is 11.3 Å². The first-order valence-corrected chi connectivity index (χ1v) is 10.9. The maximum absolute atomic E-state index is 13.1. The SMILES string of the molecule is CCOCCCn1c(=O)/c(=C\c2ccc(OC(F)F)cc2)s/c1=C(\C#N)C(=O)C(C)(C)C. The maximum Gasteiger partial charge on any atom is 0.387 e. The number of aromatic nitrogens is 1. The summed E-state index contributed by atoms with van der Waals surface area (Å²) in [7, 11) is 0. The Bertz CT molecular complexity index is 1150. The summed E-state index contributed by atoms with van der Waals surface area (Å²) in [5, 5.41) is 9.71. The highest BCUT2D eigenvalue weighted by atomic mass is 32.1. The van der Waals surface area contributed by atoms with Gasteiger partial charge in [-0.05, 0) is 37.1 Å². The van der Waals surface area contributed by atoms with E-state index in [1.807, 2.05) is 13.0 Å². The zero-order chi connectivity index (χ0) is 23.9. The lowest BCUT2D eigenvalue weighted by molar-refractivity contribution is -0.120. The minimum atomic E-state index is -2.92. The number of rotatable bonds is 9. The van der Waals surface area contributed by atoms with Gasteiger partial charge >= 0.3 is 6.61 Å². The number of Topliss-reactive ketones (excluding diaryl/α,β-unsaturated/α-hetero) is 1. The number of halogens is 2. The van der Waals surface area contributed by atoms with Crippen molar-refractivity contribution in [2.24, 2.45) is 5.41 Å². The van der Waals surface area contributed by atoms with Gasteiger partial charge in [0.2, 0.25) is 0 Å². The van der Waals surface area contributed by atoms with E-state index in [1.54, 1.807) is 39.0 Å². The van der Waals surface area contributed by atoms with Crippen molar-refractivity contribution in [2.45, 2.75) is 47.3 Å². The normalized spacial score (nSPS) is 13.2. The molecule has 1 heterocycles. The molecule has 9 heteroatoms. The lowest BCUT2D eigenvalue weighted by atomic mass is 9.87. The summed E-state index contributed by atoms with van der Waals surface area (Å²) in [6, 6.07) is 7.83. The lowest BCUT2D eigenvalue weighted by Crippen LogP contribution is -2.34. The third kappa shape index (κ3) is 6.58. The third-order valence-electron chi connectivity index (χ3n) is 4.42. The summed E-state index contributed by atoms with van der Waals surface area (Å²) in [6.45, 7) is 5.38. The van der Waals surface area contributed by atoms with Crippen LogP contribution < -0.4 is 19.5 Å². The summed E-state index contributed by atoms with van der Waals surface area (Å²) in [6.07, 6.45) is 2.14. The summed E-state index contributed by atoms with van der Waals surface area (Å²) in [5.74, 6) is -0.340. The highest BCUT2D eigenvalue weighted by molar-refractivity contribution is 7.07. The fraction of sp³-hybridized carbons (Fsp3) is 0.435. The molecule has 0 amide bonds. The lowest BCUT2D eigenvalue weighted by Gasteiger charge is -2.15. The minimum Gasteiger partial charge on any atom is -0.435 e. The number of nitriles is 1. The Labute approximate surface area is 189 Å². The molecule has 0 unspecified atom stereocenters. The van der Waals surface area contributed by atoms with Crippen molar-refractivity contribution in [3.8, 4) is 11.8 Å². The van der Waals surface area contributed by atoms with E-state index in [4.69, 9.17) is 4.74 Å². The van der Waals surface area contributed by atoms with Crippen molar-refractivity contribution in [1.29, 1.82) is 5.26 Å². The van der Waals surface area contributed by atoms with Crippen molar-refractivity contribution >= 4 is 28.8 Å². The number of hydrogen-bond donors (Lipinski definition) is 0. The van der Waals surface area contributed by atoms with Gasteiger partial charge in [0, 0.05) is 25.2 Å². The number of thiazole rings is 1. The van der Waals surface area contributed by atoms with E-state index in [1.165, 1.54) is 16.7 Å². The van der Waals surface area contributed by atoms with Crippen LogP contribution in [-0.4, -0.2) is 30.2 Å². The average Bonchev–Trinajstić information content (AvgIpc) is 3.01. The van der Waals surface area contributed by atoms with Crippen LogP contribution in [0.4, 0.5) is 8.78 Å². The molecule has 0 saturated heterocycles. The zero-order valence-electron chi connectivity index (χ0n) is 18.5. The molecule has 0 aliphatic heterocycles. The molecule has 1 aromatic heterocycles. The number of carbonyl (C=O) groups is 1. The van der Waals surface area contributed by atoms with Crippen molar-refractivity contribution in [3.63, 3.8) is 0 Å². The largest absolute Gasteiger partial charge is 0.435 e. The van der Waals surface area contributed by atoms with Gasteiger partial charge in [-0.3, -0.25) is 14.2 Å². The monoisotopic (exact) mass is 464 g/mol. The van der Waals surface area contributed by atoms with Crippen LogP contribution in [0.2, 0.25) is 0 Å². The predicted octanol–water partition coefficient (Wildman–Crippen LogP) is 3.06. The molecular weight excluding hydrogens is 438 g/mol. The second kappa shape index (κ2) is 11.2. The Hall–Kier alpha value is -2.83. The molecule has 0 bridgehead atoms. The standard InChI is InChI=1S/C23H26F2N2O4S/c1-5-30-12-6-11-27-20(29)18(13-15-7-9-16(10-8-15)31-22(24)25)32-21(27)17(14-26)19(28)23(2,3)4/h7-10,13,22H,5-6,11-12H2,1-4H3/b18-13+,21-17+. The second-order valence-electron chi connectivity index (χ2n) is 7.94. The van der Waals surface area contributed by atoms with E-state index in [-0.39, 0.29) is 22.7 Å². The van der Waals surface area contributed by atoms with E-state index in [0.29, 0.717) is 40.9 Å². The number of carbonyl (C=O) groups excluding carboxylic acids is 1. The Morgan fingerprint density at radius 2 is 1.94 bits per heavy atom. The number of ketones is 1. The Morgan fingerprint density at radius 3 is 2.47 bits per heavy atom. The topological polar surface area (TPSA) is 81.3 Å². The van der Waals surface area contributed by atoms with Gasteiger partial charge < -0.3 is 9.47 Å². The quantitative estimate of drug-likeness (QED) is 0.533. The first kappa shape index (κ1) is 25.4. The molecule has 1 aromatic carbocycles. The van der Waals surface area contributed by atoms with Crippen LogP contribution in [0.25, 0.3) is 11.6 Å². The number of hydrogen-bond acceptors (Lipinski definition) is 6. The molecule has 172 valence electrons. The predicted molar refractivity (Wildman–Crippen MR) is 119 cm³/mol. The molecule has 0 saturated carbocycles. The van der Waals surface area contributed by atoms with Gasteiger partial charge in [-0.25, -0.2) is 0 Å². The van der Waals surface area contributed by atoms with Crippen LogP contribution in [-0.2, 0) is 16.1 Å². The van der Waals surface area contributed by atoms with Gasteiger partial charge in [0.05, 0.1) is 4.53 Å². The molecule has 0 radical (unpaired) electrons. The molecule has 0 fully saturated rings. The fourth-order valence-corrected chi connectivity index (χ4v) is 3.97. The highest BCUT2D eigenvalue weighted by Crippen LogP contribution is 2.19. The number of benzene rings is 1. The molecule has 2 rings (SSSR count). The van der Waals surface area contributed by atoms with E-state index >= 15 is 0 Å². The smallest absolute Gasteiger partial charge is 0.387 e. The molecule has 32 heavy (non-hydrogen) atoms. The molecule has 6 nitrogen and oxygen atoms in total. The van der Waals surface area contributed by atoms with E-state index in [9.17, 15) is 23.6 Å². The summed E-state index contributed by atoms with van der Waals surface area (Å²) in [5.41, 5.74) is -0.579. The summed E-state index contributed by atoms with van der Waals surface area (Å²) < 4.78 is 36.4. The minimum absolute atomic E-state index is 0.00762. The van der Waals surface area contributed by atoms with Crippen LogP contribution in [0, 0.1) is 16.7 Å². The van der Waals surface area contributed by atoms with Crippen LogP contribution in [0.15, 0.2) is 29.1 Å². The number of alkyl halides is 2. The molecule has 0 spiro atoms. The van der Waals surface area contributed by atoms with Gasteiger partial charge in [0.25, 0.3) is 5.56 Å². The molecular formula is C23H26F2N2O4S. The number of ether oxygens (including phenoxy) is 2. The molecule has 2 aromatic rings. The van der Waals surface area contributed by atoms with Crippen molar-refractivity contribution in [3.05, 3.63) is 49.4 Å². The van der Waals surface area contributed by atoms with Crippen molar-refractivity contribution in [2.75, 3.05) is 13.2 Å². The first-order valence-electron chi connectivity index (χ1n) is 10.1. The Morgan fingerprint density at radius 1 is 1.28 bits per heavy atom. The third-order valence-corrected chi connectivity index (χ3v) is 5.55. The molecule has 0 N–H and O–H groups in total.